The van der Waals surface area contributed by atoms with Crippen molar-refractivity contribution in [2.75, 3.05) is 13.7 Å². The molecule has 0 spiro atoms. The summed E-state index contributed by atoms with van der Waals surface area (Å²) in [5, 5.41) is 2.72. The highest BCUT2D eigenvalue weighted by molar-refractivity contribution is 5.88. The maximum absolute atomic E-state index is 13.3. The Kier molecular flexibility index (Phi) is 7.82. The molecular formula is C26H28N2O3. The van der Waals surface area contributed by atoms with Crippen LogP contribution in [0.2, 0.25) is 0 Å². The highest BCUT2D eigenvalue weighted by atomic mass is 16.5. The van der Waals surface area contributed by atoms with Gasteiger partial charge in [0.2, 0.25) is 5.91 Å². The molecule has 3 rings (SSSR count). The maximum atomic E-state index is 13.3. The summed E-state index contributed by atoms with van der Waals surface area (Å²) in [6, 6.07) is 26.2. The van der Waals surface area contributed by atoms with E-state index < -0.39 is 6.04 Å². The number of hydrogen-bond acceptors (Lipinski definition) is 3. The predicted molar refractivity (Wildman–Crippen MR) is 122 cm³/mol. The first-order valence-corrected chi connectivity index (χ1v) is 10.3. The van der Waals surface area contributed by atoms with Crippen molar-refractivity contribution < 1.29 is 14.3 Å². The van der Waals surface area contributed by atoms with Gasteiger partial charge in [-0.3, -0.25) is 9.59 Å². The number of rotatable bonds is 9. The summed E-state index contributed by atoms with van der Waals surface area (Å²) in [5.41, 5.74) is 3.06. The fraction of sp³-hybridized carbons (Fsp3) is 0.231. The molecule has 0 bridgehead atoms. The Balaban J connectivity index is 1.87. The number of aryl methyl sites for hydroxylation is 1. The lowest BCUT2D eigenvalue weighted by Crippen LogP contribution is -2.51. The third-order valence-electron chi connectivity index (χ3n) is 5.06. The molecule has 2 amide bonds. The molecule has 5 heteroatoms. The monoisotopic (exact) mass is 416 g/mol. The molecule has 0 aliphatic heterocycles. The molecule has 1 N–H and O–H groups in total. The lowest BCUT2D eigenvalue weighted by atomic mass is 10.0. The van der Waals surface area contributed by atoms with Crippen LogP contribution in [-0.4, -0.2) is 36.4 Å². The number of para-hydroxylation sites is 1. The Morgan fingerprint density at radius 1 is 0.903 bits per heavy atom. The van der Waals surface area contributed by atoms with Crippen LogP contribution in [-0.2, 0) is 22.6 Å². The van der Waals surface area contributed by atoms with Crippen LogP contribution in [0.3, 0.4) is 0 Å². The minimum atomic E-state index is -0.653. The van der Waals surface area contributed by atoms with Crippen molar-refractivity contribution in [3.05, 3.63) is 102 Å². The number of nitrogens with one attached hydrogen (secondary N) is 1. The lowest BCUT2D eigenvalue weighted by Gasteiger charge is -2.31. The summed E-state index contributed by atoms with van der Waals surface area (Å²) >= 11 is 0. The van der Waals surface area contributed by atoms with E-state index in [0.717, 1.165) is 16.7 Å². The van der Waals surface area contributed by atoms with Gasteiger partial charge in [0.05, 0.1) is 0 Å². The molecule has 0 radical (unpaired) electrons. The van der Waals surface area contributed by atoms with Crippen molar-refractivity contribution in [2.45, 2.75) is 25.9 Å². The number of amides is 2. The van der Waals surface area contributed by atoms with Gasteiger partial charge in [0, 0.05) is 20.0 Å². The molecule has 1 unspecified atom stereocenters. The zero-order chi connectivity index (χ0) is 22.1. The van der Waals surface area contributed by atoms with Crippen LogP contribution < -0.4 is 10.1 Å². The third kappa shape index (κ3) is 6.44. The average molecular weight is 417 g/mol. The van der Waals surface area contributed by atoms with Crippen LogP contribution in [0, 0.1) is 6.92 Å². The number of carbonyl (C=O) groups is 2. The molecule has 0 aromatic heterocycles. The minimum Gasteiger partial charge on any atom is -0.484 e. The topological polar surface area (TPSA) is 58.6 Å². The Labute approximate surface area is 183 Å². The first kappa shape index (κ1) is 22.1. The van der Waals surface area contributed by atoms with Gasteiger partial charge in [-0.05, 0) is 30.2 Å². The second kappa shape index (κ2) is 11.0. The molecule has 160 valence electrons. The van der Waals surface area contributed by atoms with E-state index in [1.165, 1.54) is 0 Å². The molecule has 0 aliphatic rings. The predicted octanol–water partition coefficient (Wildman–Crippen LogP) is 3.76. The zero-order valence-corrected chi connectivity index (χ0v) is 18.0. The van der Waals surface area contributed by atoms with Crippen LogP contribution in [0.4, 0.5) is 0 Å². The molecule has 3 aromatic rings. The lowest BCUT2D eigenvalue weighted by molar-refractivity contribution is -0.142. The highest BCUT2D eigenvalue weighted by Gasteiger charge is 2.30. The van der Waals surface area contributed by atoms with Gasteiger partial charge in [0.1, 0.15) is 11.8 Å². The summed E-state index contributed by atoms with van der Waals surface area (Å²) < 4.78 is 5.70. The van der Waals surface area contributed by atoms with Gasteiger partial charge < -0.3 is 15.0 Å². The van der Waals surface area contributed by atoms with E-state index in [2.05, 4.69) is 5.32 Å². The van der Waals surface area contributed by atoms with Gasteiger partial charge in [-0.25, -0.2) is 0 Å². The van der Waals surface area contributed by atoms with Crippen molar-refractivity contribution in [3.8, 4) is 5.75 Å². The van der Waals surface area contributed by atoms with Crippen LogP contribution in [0.25, 0.3) is 0 Å². The highest BCUT2D eigenvalue weighted by Crippen LogP contribution is 2.16. The van der Waals surface area contributed by atoms with Crippen LogP contribution in [0.1, 0.15) is 16.7 Å². The van der Waals surface area contributed by atoms with E-state index in [-0.39, 0.29) is 18.4 Å². The van der Waals surface area contributed by atoms with E-state index >= 15 is 0 Å². The van der Waals surface area contributed by atoms with Crippen LogP contribution >= 0.6 is 0 Å². The van der Waals surface area contributed by atoms with Crippen molar-refractivity contribution in [2.24, 2.45) is 0 Å². The Bertz CT molecular complexity index is 990. The molecule has 0 fully saturated rings. The molecule has 0 saturated heterocycles. The SMILES string of the molecule is CNC(=O)C(Cc1ccccc1)N(Cc1cccc(C)c1)C(=O)COc1ccccc1. The summed E-state index contributed by atoms with van der Waals surface area (Å²) in [6.07, 6.45) is 0.420. The molecule has 1 atom stereocenters. The van der Waals surface area contributed by atoms with Crippen molar-refractivity contribution in [1.29, 1.82) is 0 Å². The Morgan fingerprint density at radius 2 is 1.55 bits per heavy atom. The summed E-state index contributed by atoms with van der Waals surface area (Å²) in [7, 11) is 1.59. The van der Waals surface area contributed by atoms with Crippen LogP contribution in [0.5, 0.6) is 5.75 Å². The quantitative estimate of drug-likeness (QED) is 0.578. The summed E-state index contributed by atoms with van der Waals surface area (Å²) in [4.78, 5) is 27.7. The number of ether oxygens (including phenoxy) is 1. The Hall–Kier alpha value is -3.60. The summed E-state index contributed by atoms with van der Waals surface area (Å²) in [6.45, 7) is 2.19. The molecule has 31 heavy (non-hydrogen) atoms. The van der Waals surface area contributed by atoms with Gasteiger partial charge in [0.25, 0.3) is 5.91 Å². The molecule has 0 aliphatic carbocycles. The van der Waals surface area contributed by atoms with E-state index in [1.807, 2.05) is 79.7 Å². The van der Waals surface area contributed by atoms with Gasteiger partial charge in [-0.1, -0.05) is 78.4 Å². The number of nitrogens with zero attached hydrogens (tertiary/aromatic N) is 1. The van der Waals surface area contributed by atoms with Crippen molar-refractivity contribution in [3.63, 3.8) is 0 Å². The van der Waals surface area contributed by atoms with E-state index in [0.29, 0.717) is 18.7 Å². The fourth-order valence-corrected chi connectivity index (χ4v) is 3.47. The molecule has 0 saturated carbocycles. The third-order valence-corrected chi connectivity index (χ3v) is 5.06. The number of likely N-dealkylation sites (N-methyl/N-ethyl adjacent to an activating group) is 1. The first-order chi connectivity index (χ1) is 15.1. The van der Waals surface area contributed by atoms with Crippen LogP contribution in [0.15, 0.2) is 84.9 Å². The summed E-state index contributed by atoms with van der Waals surface area (Å²) in [5.74, 6) is 0.172. The van der Waals surface area contributed by atoms with Gasteiger partial charge in [-0.15, -0.1) is 0 Å². The van der Waals surface area contributed by atoms with Crippen molar-refractivity contribution in [1.82, 2.24) is 10.2 Å². The first-order valence-electron chi connectivity index (χ1n) is 10.3. The fourth-order valence-electron chi connectivity index (χ4n) is 3.47. The van der Waals surface area contributed by atoms with Crippen molar-refractivity contribution >= 4 is 11.8 Å². The smallest absolute Gasteiger partial charge is 0.261 e. The van der Waals surface area contributed by atoms with Gasteiger partial charge in [-0.2, -0.15) is 0 Å². The standard InChI is InChI=1S/C26H28N2O3/c1-20-10-9-13-22(16-20)18-28(25(29)19-31-23-14-7-4-8-15-23)24(26(30)27-2)17-21-11-5-3-6-12-21/h3-16,24H,17-19H2,1-2H3,(H,27,30). The minimum absolute atomic E-state index is 0.141. The maximum Gasteiger partial charge on any atom is 0.261 e. The second-order valence-electron chi connectivity index (χ2n) is 7.43. The van der Waals surface area contributed by atoms with E-state index in [9.17, 15) is 9.59 Å². The Morgan fingerprint density at radius 3 is 2.19 bits per heavy atom. The molecule has 3 aromatic carbocycles. The second-order valence-corrected chi connectivity index (χ2v) is 7.43. The average Bonchev–Trinajstić information content (AvgIpc) is 2.80. The van der Waals surface area contributed by atoms with Gasteiger partial charge in [0.15, 0.2) is 6.61 Å². The van der Waals surface area contributed by atoms with E-state index in [4.69, 9.17) is 4.74 Å². The van der Waals surface area contributed by atoms with Gasteiger partial charge >= 0.3 is 0 Å². The number of hydrogen-bond donors (Lipinski definition) is 1. The largest absolute Gasteiger partial charge is 0.484 e. The molecular weight excluding hydrogens is 388 g/mol. The molecule has 0 heterocycles. The molecule has 5 nitrogen and oxygen atoms in total. The number of benzene rings is 3. The normalized spacial score (nSPS) is 11.4. The number of carbonyl (C=O) groups excluding carboxylic acids is 2. The zero-order valence-electron chi connectivity index (χ0n) is 18.0. The van der Waals surface area contributed by atoms with E-state index in [1.54, 1.807) is 24.1 Å².